The topological polar surface area (TPSA) is 45.5 Å². The van der Waals surface area contributed by atoms with Crippen molar-refractivity contribution in [3.63, 3.8) is 0 Å². The summed E-state index contributed by atoms with van der Waals surface area (Å²) in [5.41, 5.74) is 2.48. The predicted molar refractivity (Wildman–Crippen MR) is 102 cm³/mol. The number of hydrogen-bond acceptors (Lipinski definition) is 2. The van der Waals surface area contributed by atoms with Gasteiger partial charge in [0.2, 0.25) is 0 Å². The van der Waals surface area contributed by atoms with Crippen molar-refractivity contribution in [2.45, 2.75) is 20.0 Å². The Labute approximate surface area is 149 Å². The predicted octanol–water partition coefficient (Wildman–Crippen LogP) is 2.58. The van der Waals surface area contributed by atoms with Gasteiger partial charge in [0.15, 0.2) is 5.96 Å². The van der Waals surface area contributed by atoms with E-state index in [0.29, 0.717) is 6.54 Å². The molecule has 1 N–H and O–H groups in total. The summed E-state index contributed by atoms with van der Waals surface area (Å²) in [7, 11) is 3.99. The van der Waals surface area contributed by atoms with E-state index in [0.717, 1.165) is 19.0 Å². The minimum atomic E-state index is 0. The first-order valence-corrected chi connectivity index (χ1v) is 7.20. The monoisotopic (exact) mass is 413 g/mol. The highest BCUT2D eigenvalue weighted by Crippen LogP contribution is 2.11. The third-order valence-electron chi connectivity index (χ3n) is 3.17. The van der Waals surface area contributed by atoms with Gasteiger partial charge in [-0.2, -0.15) is 5.10 Å². The minimum Gasteiger partial charge on any atom is -0.357 e. The summed E-state index contributed by atoms with van der Waals surface area (Å²) in [6.45, 7) is 4.38. The standard InChI is InChI=1S/C16H23N5.HI/c1-4-17-16(20(2)3)18-12-14-8-5-6-9-15(14)13-21-11-7-10-19-21;/h5-11H,4,12-13H2,1-3H3,(H,17,18);1H. The van der Waals surface area contributed by atoms with Crippen LogP contribution in [0.15, 0.2) is 47.7 Å². The molecule has 0 atom stereocenters. The summed E-state index contributed by atoms with van der Waals surface area (Å²) in [6, 6.07) is 10.3. The molecule has 1 aromatic carbocycles. The van der Waals surface area contributed by atoms with Gasteiger partial charge < -0.3 is 10.2 Å². The van der Waals surface area contributed by atoms with Gasteiger partial charge in [0.1, 0.15) is 0 Å². The van der Waals surface area contributed by atoms with Crippen LogP contribution in [0, 0.1) is 0 Å². The molecule has 22 heavy (non-hydrogen) atoms. The SMILES string of the molecule is CCNC(=NCc1ccccc1Cn1cccn1)N(C)C.I. The highest BCUT2D eigenvalue weighted by molar-refractivity contribution is 14.0. The molecule has 5 nitrogen and oxygen atoms in total. The molecule has 120 valence electrons. The normalized spacial score (nSPS) is 11.0. The number of aliphatic imine (C=N–C) groups is 1. The van der Waals surface area contributed by atoms with Crippen LogP contribution in [0.5, 0.6) is 0 Å². The van der Waals surface area contributed by atoms with E-state index in [1.165, 1.54) is 11.1 Å². The van der Waals surface area contributed by atoms with Gasteiger partial charge in [-0.15, -0.1) is 24.0 Å². The molecule has 2 rings (SSSR count). The maximum atomic E-state index is 4.67. The Kier molecular flexibility index (Phi) is 7.94. The van der Waals surface area contributed by atoms with Crippen LogP contribution in [0.2, 0.25) is 0 Å². The number of nitrogens with zero attached hydrogens (tertiary/aromatic N) is 4. The van der Waals surface area contributed by atoms with Crippen LogP contribution < -0.4 is 5.32 Å². The average molecular weight is 413 g/mol. The molecule has 1 heterocycles. The summed E-state index contributed by atoms with van der Waals surface area (Å²) < 4.78 is 1.93. The number of nitrogens with one attached hydrogen (secondary N) is 1. The molecule has 0 saturated carbocycles. The number of halogens is 1. The molecule has 0 bridgehead atoms. The van der Waals surface area contributed by atoms with Gasteiger partial charge in [-0.05, 0) is 24.1 Å². The average Bonchev–Trinajstić information content (AvgIpc) is 2.97. The first kappa shape index (κ1) is 18.5. The van der Waals surface area contributed by atoms with Crippen molar-refractivity contribution in [1.29, 1.82) is 0 Å². The van der Waals surface area contributed by atoms with E-state index in [2.05, 4.69) is 46.6 Å². The maximum Gasteiger partial charge on any atom is 0.193 e. The Morgan fingerprint density at radius 3 is 2.55 bits per heavy atom. The van der Waals surface area contributed by atoms with Crippen LogP contribution in [0.4, 0.5) is 0 Å². The first-order chi connectivity index (χ1) is 10.2. The molecular formula is C16H24IN5. The smallest absolute Gasteiger partial charge is 0.193 e. The second-order valence-electron chi connectivity index (χ2n) is 5.04. The van der Waals surface area contributed by atoms with E-state index in [1.807, 2.05) is 35.9 Å². The highest BCUT2D eigenvalue weighted by atomic mass is 127. The maximum absolute atomic E-state index is 4.67. The van der Waals surface area contributed by atoms with E-state index in [-0.39, 0.29) is 24.0 Å². The lowest BCUT2D eigenvalue weighted by molar-refractivity contribution is 0.583. The lowest BCUT2D eigenvalue weighted by atomic mass is 10.1. The molecule has 0 unspecified atom stereocenters. The van der Waals surface area contributed by atoms with E-state index in [4.69, 9.17) is 0 Å². The first-order valence-electron chi connectivity index (χ1n) is 7.20. The van der Waals surface area contributed by atoms with Gasteiger partial charge in [-0.1, -0.05) is 24.3 Å². The van der Waals surface area contributed by atoms with Crippen LogP contribution in [0.3, 0.4) is 0 Å². The number of benzene rings is 1. The molecule has 0 spiro atoms. The van der Waals surface area contributed by atoms with Crippen molar-refractivity contribution in [2.24, 2.45) is 4.99 Å². The largest absolute Gasteiger partial charge is 0.357 e. The number of guanidine groups is 1. The number of aromatic nitrogens is 2. The Balaban J connectivity index is 0.00000242. The number of hydrogen-bond donors (Lipinski definition) is 1. The molecule has 0 radical (unpaired) electrons. The van der Waals surface area contributed by atoms with E-state index in [1.54, 1.807) is 6.20 Å². The van der Waals surface area contributed by atoms with Crippen LogP contribution >= 0.6 is 24.0 Å². The Morgan fingerprint density at radius 1 is 1.23 bits per heavy atom. The fraction of sp³-hybridized carbons (Fsp3) is 0.375. The molecule has 2 aromatic rings. The Hall–Kier alpha value is -1.57. The minimum absolute atomic E-state index is 0. The summed E-state index contributed by atoms with van der Waals surface area (Å²) in [5.74, 6) is 0.909. The zero-order valence-corrected chi connectivity index (χ0v) is 15.7. The van der Waals surface area contributed by atoms with Crippen molar-refractivity contribution >= 4 is 29.9 Å². The van der Waals surface area contributed by atoms with E-state index in [9.17, 15) is 0 Å². The van der Waals surface area contributed by atoms with Gasteiger partial charge in [0, 0.05) is 33.0 Å². The lowest BCUT2D eigenvalue weighted by Gasteiger charge is -2.17. The van der Waals surface area contributed by atoms with Crippen molar-refractivity contribution in [3.05, 3.63) is 53.9 Å². The third kappa shape index (κ3) is 5.32. The molecule has 0 saturated heterocycles. The Bertz CT molecular complexity index is 578. The summed E-state index contributed by atoms with van der Waals surface area (Å²) >= 11 is 0. The van der Waals surface area contributed by atoms with E-state index < -0.39 is 0 Å². The van der Waals surface area contributed by atoms with Crippen LogP contribution in [-0.4, -0.2) is 41.3 Å². The second-order valence-corrected chi connectivity index (χ2v) is 5.04. The molecule has 0 fully saturated rings. The summed E-state index contributed by atoms with van der Waals surface area (Å²) in [6.07, 6.45) is 3.78. The molecule has 1 aromatic heterocycles. The van der Waals surface area contributed by atoms with Crippen molar-refractivity contribution in [3.8, 4) is 0 Å². The van der Waals surface area contributed by atoms with E-state index >= 15 is 0 Å². The summed E-state index contributed by atoms with van der Waals surface area (Å²) in [5, 5.41) is 7.54. The molecular weight excluding hydrogens is 389 g/mol. The fourth-order valence-electron chi connectivity index (χ4n) is 2.11. The second kappa shape index (κ2) is 9.45. The van der Waals surface area contributed by atoms with Gasteiger partial charge in [0.25, 0.3) is 0 Å². The number of rotatable bonds is 5. The van der Waals surface area contributed by atoms with Gasteiger partial charge in [0.05, 0.1) is 13.1 Å². The molecule has 0 amide bonds. The quantitative estimate of drug-likeness (QED) is 0.466. The molecule has 0 aliphatic carbocycles. The lowest BCUT2D eigenvalue weighted by Crippen LogP contribution is -2.36. The van der Waals surface area contributed by atoms with Gasteiger partial charge in [-0.25, -0.2) is 4.99 Å². The molecule has 0 aliphatic heterocycles. The van der Waals surface area contributed by atoms with Crippen molar-refractivity contribution < 1.29 is 0 Å². The highest BCUT2D eigenvalue weighted by Gasteiger charge is 2.04. The van der Waals surface area contributed by atoms with Crippen molar-refractivity contribution in [2.75, 3.05) is 20.6 Å². The van der Waals surface area contributed by atoms with Gasteiger partial charge >= 0.3 is 0 Å². The Morgan fingerprint density at radius 2 is 1.95 bits per heavy atom. The fourth-order valence-corrected chi connectivity index (χ4v) is 2.11. The molecule has 6 heteroatoms. The summed E-state index contributed by atoms with van der Waals surface area (Å²) in [4.78, 5) is 6.67. The van der Waals surface area contributed by atoms with Crippen molar-refractivity contribution in [1.82, 2.24) is 20.0 Å². The zero-order chi connectivity index (χ0) is 15.1. The van der Waals surface area contributed by atoms with Crippen LogP contribution in [0.25, 0.3) is 0 Å². The van der Waals surface area contributed by atoms with Crippen LogP contribution in [0.1, 0.15) is 18.1 Å². The third-order valence-corrected chi connectivity index (χ3v) is 3.17. The van der Waals surface area contributed by atoms with Gasteiger partial charge in [-0.3, -0.25) is 4.68 Å². The molecule has 0 aliphatic rings. The zero-order valence-electron chi connectivity index (χ0n) is 13.4. The van der Waals surface area contributed by atoms with Crippen LogP contribution in [-0.2, 0) is 13.1 Å².